The Bertz CT molecular complexity index is 366. The molecule has 1 fully saturated rings. The van der Waals surface area contributed by atoms with Crippen molar-refractivity contribution in [2.24, 2.45) is 5.41 Å². The Hall–Kier alpha value is -1.26. The first kappa shape index (κ1) is 16.8. The van der Waals surface area contributed by atoms with Crippen LogP contribution in [0.2, 0.25) is 0 Å². The second-order valence-corrected chi connectivity index (χ2v) is 7.43. The second-order valence-electron chi connectivity index (χ2n) is 7.43. The third-order valence-electron chi connectivity index (χ3n) is 3.18. The average molecular weight is 284 g/mol. The molecule has 0 aromatic rings. The largest absolute Gasteiger partial charge is 0.444 e. The van der Waals surface area contributed by atoms with Crippen LogP contribution in [0.15, 0.2) is 0 Å². The topological polar surface area (TPSA) is 58.6 Å². The Balaban J connectivity index is 2.54. The SMILES string of the molecule is CC(C)(C)OC(=O)N1CCCC1CNC(=O)C(C)(C)C. The molecule has 0 spiro atoms. The van der Waals surface area contributed by atoms with E-state index < -0.39 is 11.0 Å². The second kappa shape index (κ2) is 6.02. The molecule has 2 amide bonds. The smallest absolute Gasteiger partial charge is 0.410 e. The lowest BCUT2D eigenvalue weighted by Crippen LogP contribution is -2.47. The van der Waals surface area contributed by atoms with Gasteiger partial charge in [-0.15, -0.1) is 0 Å². The molecular weight excluding hydrogens is 256 g/mol. The minimum atomic E-state index is -0.487. The van der Waals surface area contributed by atoms with Gasteiger partial charge in [-0.2, -0.15) is 0 Å². The van der Waals surface area contributed by atoms with Gasteiger partial charge in [0.25, 0.3) is 0 Å². The highest BCUT2D eigenvalue weighted by molar-refractivity contribution is 5.81. The van der Waals surface area contributed by atoms with E-state index in [1.54, 1.807) is 4.90 Å². The molecule has 1 unspecified atom stereocenters. The third kappa shape index (κ3) is 5.02. The van der Waals surface area contributed by atoms with Gasteiger partial charge in [-0.1, -0.05) is 20.8 Å². The fourth-order valence-corrected chi connectivity index (χ4v) is 2.08. The molecule has 0 radical (unpaired) electrons. The van der Waals surface area contributed by atoms with Gasteiger partial charge in [-0.25, -0.2) is 4.79 Å². The highest BCUT2D eigenvalue weighted by Crippen LogP contribution is 2.21. The van der Waals surface area contributed by atoms with Crippen LogP contribution in [0.1, 0.15) is 54.4 Å². The number of amides is 2. The van der Waals surface area contributed by atoms with Gasteiger partial charge in [-0.3, -0.25) is 4.79 Å². The van der Waals surface area contributed by atoms with Crippen molar-refractivity contribution < 1.29 is 14.3 Å². The quantitative estimate of drug-likeness (QED) is 0.847. The monoisotopic (exact) mass is 284 g/mol. The lowest BCUT2D eigenvalue weighted by atomic mass is 9.95. The lowest BCUT2D eigenvalue weighted by molar-refractivity contribution is -0.128. The summed E-state index contributed by atoms with van der Waals surface area (Å²) in [5.74, 6) is 0.00791. The maximum absolute atomic E-state index is 12.1. The minimum absolute atomic E-state index is 0.00791. The number of nitrogens with one attached hydrogen (secondary N) is 1. The lowest BCUT2D eigenvalue weighted by Gasteiger charge is -2.29. The summed E-state index contributed by atoms with van der Waals surface area (Å²) < 4.78 is 5.40. The van der Waals surface area contributed by atoms with Crippen LogP contribution in [0.25, 0.3) is 0 Å². The number of carbonyl (C=O) groups excluding carboxylic acids is 2. The fourth-order valence-electron chi connectivity index (χ4n) is 2.08. The van der Waals surface area contributed by atoms with Crippen LogP contribution in [0.4, 0.5) is 4.79 Å². The normalized spacial score (nSPS) is 19.9. The van der Waals surface area contributed by atoms with Gasteiger partial charge < -0.3 is 15.0 Å². The Morgan fingerprint density at radius 1 is 1.20 bits per heavy atom. The summed E-state index contributed by atoms with van der Waals surface area (Å²) in [5.41, 5.74) is -0.895. The first-order chi connectivity index (χ1) is 9.00. The van der Waals surface area contributed by atoms with Crippen molar-refractivity contribution in [3.05, 3.63) is 0 Å². The van der Waals surface area contributed by atoms with Gasteiger partial charge in [0, 0.05) is 18.5 Å². The van der Waals surface area contributed by atoms with Crippen molar-refractivity contribution in [2.45, 2.75) is 66.0 Å². The van der Waals surface area contributed by atoms with E-state index >= 15 is 0 Å². The number of likely N-dealkylation sites (tertiary alicyclic amines) is 1. The Morgan fingerprint density at radius 2 is 1.80 bits per heavy atom. The number of rotatable bonds is 2. The molecule has 1 heterocycles. The van der Waals surface area contributed by atoms with E-state index in [-0.39, 0.29) is 18.0 Å². The maximum Gasteiger partial charge on any atom is 0.410 e. The van der Waals surface area contributed by atoms with Gasteiger partial charge in [0.1, 0.15) is 5.60 Å². The summed E-state index contributed by atoms with van der Waals surface area (Å²) in [6.45, 7) is 12.4. The summed E-state index contributed by atoms with van der Waals surface area (Å²) in [5, 5.41) is 2.92. The highest BCUT2D eigenvalue weighted by Gasteiger charge is 2.33. The molecule has 1 aliphatic heterocycles. The summed E-state index contributed by atoms with van der Waals surface area (Å²) in [6.07, 6.45) is 1.57. The molecule has 5 heteroatoms. The Labute approximate surface area is 122 Å². The minimum Gasteiger partial charge on any atom is -0.444 e. The molecule has 1 saturated heterocycles. The number of hydrogen-bond donors (Lipinski definition) is 1. The molecule has 1 rings (SSSR count). The summed E-state index contributed by atoms with van der Waals surface area (Å²) >= 11 is 0. The molecule has 0 saturated carbocycles. The van der Waals surface area contributed by atoms with E-state index in [0.717, 1.165) is 12.8 Å². The van der Waals surface area contributed by atoms with E-state index in [1.165, 1.54) is 0 Å². The van der Waals surface area contributed by atoms with Crippen molar-refractivity contribution in [3.8, 4) is 0 Å². The Kier molecular flexibility index (Phi) is 5.05. The van der Waals surface area contributed by atoms with E-state index in [1.807, 2.05) is 41.5 Å². The van der Waals surface area contributed by atoms with Gasteiger partial charge in [0.2, 0.25) is 5.91 Å². The standard InChI is InChI=1S/C15H28N2O3/c1-14(2,3)12(18)16-10-11-8-7-9-17(11)13(19)20-15(4,5)6/h11H,7-10H2,1-6H3,(H,16,18). The number of hydrogen-bond acceptors (Lipinski definition) is 3. The Morgan fingerprint density at radius 3 is 2.30 bits per heavy atom. The molecule has 0 aromatic heterocycles. The molecule has 1 N–H and O–H groups in total. The predicted octanol–water partition coefficient (Wildman–Crippen LogP) is 2.55. The first-order valence-corrected chi connectivity index (χ1v) is 7.28. The number of nitrogens with zero attached hydrogens (tertiary/aromatic N) is 1. The molecule has 20 heavy (non-hydrogen) atoms. The molecular formula is C15H28N2O3. The zero-order valence-electron chi connectivity index (χ0n) is 13.6. The van der Waals surface area contributed by atoms with Crippen LogP contribution < -0.4 is 5.32 Å². The number of ether oxygens (including phenoxy) is 1. The van der Waals surface area contributed by atoms with Crippen molar-refractivity contribution in [2.75, 3.05) is 13.1 Å². The molecule has 5 nitrogen and oxygen atoms in total. The van der Waals surface area contributed by atoms with Crippen LogP contribution in [0, 0.1) is 5.41 Å². The van der Waals surface area contributed by atoms with Crippen LogP contribution in [-0.4, -0.2) is 41.6 Å². The van der Waals surface area contributed by atoms with Gasteiger partial charge in [0.05, 0.1) is 6.04 Å². The average Bonchev–Trinajstić information content (AvgIpc) is 2.70. The van der Waals surface area contributed by atoms with Crippen molar-refractivity contribution >= 4 is 12.0 Å². The highest BCUT2D eigenvalue weighted by atomic mass is 16.6. The van der Waals surface area contributed by atoms with E-state index in [4.69, 9.17) is 4.74 Å². The molecule has 0 aromatic carbocycles. The molecule has 0 bridgehead atoms. The maximum atomic E-state index is 12.1. The summed E-state index contributed by atoms with van der Waals surface area (Å²) in [4.78, 5) is 25.7. The van der Waals surface area contributed by atoms with E-state index in [2.05, 4.69) is 5.32 Å². The predicted molar refractivity (Wildman–Crippen MR) is 78.4 cm³/mol. The summed E-state index contributed by atoms with van der Waals surface area (Å²) in [6, 6.07) is 0.0381. The molecule has 1 atom stereocenters. The van der Waals surface area contributed by atoms with E-state index in [9.17, 15) is 9.59 Å². The van der Waals surface area contributed by atoms with Crippen molar-refractivity contribution in [1.82, 2.24) is 10.2 Å². The van der Waals surface area contributed by atoms with E-state index in [0.29, 0.717) is 13.1 Å². The fraction of sp³-hybridized carbons (Fsp3) is 0.867. The van der Waals surface area contributed by atoms with Crippen molar-refractivity contribution in [3.63, 3.8) is 0 Å². The zero-order chi connectivity index (χ0) is 15.6. The van der Waals surface area contributed by atoms with Gasteiger partial charge in [-0.05, 0) is 33.6 Å². The zero-order valence-corrected chi connectivity index (χ0v) is 13.6. The van der Waals surface area contributed by atoms with Crippen molar-refractivity contribution in [1.29, 1.82) is 0 Å². The molecule has 0 aliphatic carbocycles. The molecule has 1 aliphatic rings. The first-order valence-electron chi connectivity index (χ1n) is 7.28. The van der Waals surface area contributed by atoms with Crippen LogP contribution in [0.5, 0.6) is 0 Å². The molecule has 116 valence electrons. The van der Waals surface area contributed by atoms with Crippen LogP contribution >= 0.6 is 0 Å². The third-order valence-corrected chi connectivity index (χ3v) is 3.18. The number of carbonyl (C=O) groups is 2. The van der Waals surface area contributed by atoms with Crippen LogP contribution in [-0.2, 0) is 9.53 Å². The van der Waals surface area contributed by atoms with Gasteiger partial charge in [0.15, 0.2) is 0 Å². The van der Waals surface area contributed by atoms with Gasteiger partial charge >= 0.3 is 6.09 Å². The summed E-state index contributed by atoms with van der Waals surface area (Å²) in [7, 11) is 0. The van der Waals surface area contributed by atoms with Crippen LogP contribution in [0.3, 0.4) is 0 Å².